The van der Waals surface area contributed by atoms with Crippen molar-refractivity contribution in [3.8, 4) is 0 Å². The first-order valence-corrected chi connectivity index (χ1v) is 4.37. The van der Waals surface area contributed by atoms with Gasteiger partial charge < -0.3 is 15.1 Å². The molecule has 0 aliphatic carbocycles. The molecule has 0 aliphatic rings. The monoisotopic (exact) mass is 219 g/mol. The van der Waals surface area contributed by atoms with Crippen LogP contribution in [0.3, 0.4) is 0 Å². The summed E-state index contributed by atoms with van der Waals surface area (Å²) >= 11 is 4.86. The maximum absolute atomic E-state index is 10.7. The van der Waals surface area contributed by atoms with Gasteiger partial charge in [-0.15, -0.1) is 0 Å². The third-order valence-corrected chi connectivity index (χ3v) is 1.95. The minimum Gasteiger partial charge on any atom is -0.481 e. The van der Waals surface area contributed by atoms with Crippen molar-refractivity contribution in [1.82, 2.24) is 4.90 Å². The van der Waals surface area contributed by atoms with E-state index in [-0.39, 0.29) is 4.86 Å². The predicted molar refractivity (Wildman–Crippen MR) is 54.5 cm³/mol. The van der Waals surface area contributed by atoms with Crippen LogP contribution in [-0.4, -0.2) is 52.6 Å². The predicted octanol–water partition coefficient (Wildman–Crippen LogP) is 0.0934. The second-order valence-electron chi connectivity index (χ2n) is 3.19. The van der Waals surface area contributed by atoms with Crippen LogP contribution in [0.4, 0.5) is 0 Å². The molecule has 2 N–H and O–H groups in total. The van der Waals surface area contributed by atoms with Crippen LogP contribution in [0.1, 0.15) is 6.42 Å². The molecule has 1 atom stereocenters. The summed E-state index contributed by atoms with van der Waals surface area (Å²) in [6, 6.07) is 0. The summed E-state index contributed by atoms with van der Waals surface area (Å²) < 4.78 is 0. The van der Waals surface area contributed by atoms with Crippen molar-refractivity contribution < 1.29 is 19.8 Å². The molecular weight excluding hydrogens is 206 g/mol. The number of hydrogen-bond donors (Lipinski definition) is 2. The quantitative estimate of drug-likeness (QED) is 0.617. The highest BCUT2D eigenvalue weighted by molar-refractivity contribution is 7.80. The molecule has 0 heterocycles. The number of hydrogen-bond acceptors (Lipinski definition) is 4. The van der Waals surface area contributed by atoms with Gasteiger partial charge in [-0.3, -0.25) is 9.59 Å². The van der Waals surface area contributed by atoms with Crippen LogP contribution in [0.15, 0.2) is 0 Å². The summed E-state index contributed by atoms with van der Waals surface area (Å²) in [6.07, 6.45) is -0.456. The summed E-state index contributed by atoms with van der Waals surface area (Å²) in [6.45, 7) is 0.305. The Morgan fingerprint density at radius 3 is 2.14 bits per heavy atom. The average molecular weight is 219 g/mol. The smallest absolute Gasteiger partial charge is 0.312 e. The number of carboxylic acids is 2. The van der Waals surface area contributed by atoms with E-state index in [9.17, 15) is 9.59 Å². The molecule has 0 bridgehead atoms. The lowest BCUT2D eigenvalue weighted by Gasteiger charge is -2.15. The highest BCUT2D eigenvalue weighted by atomic mass is 32.1. The molecule has 0 saturated heterocycles. The maximum atomic E-state index is 10.7. The first-order chi connectivity index (χ1) is 6.34. The molecule has 0 aromatic carbocycles. The standard InChI is InChI=1S/C8H13NO4S/c1-9(2)4-6(14)5(8(12)13)3-7(10)11/h5H,3-4H2,1-2H3,(H,10,11)(H,12,13). The van der Waals surface area contributed by atoms with Crippen LogP contribution in [0.5, 0.6) is 0 Å². The molecule has 1 unspecified atom stereocenters. The van der Waals surface area contributed by atoms with Gasteiger partial charge in [0.1, 0.15) is 0 Å². The van der Waals surface area contributed by atoms with Crippen LogP contribution in [0.2, 0.25) is 0 Å². The molecule has 80 valence electrons. The average Bonchev–Trinajstić information content (AvgIpc) is 1.97. The minimum absolute atomic E-state index is 0.241. The number of aliphatic carboxylic acids is 2. The minimum atomic E-state index is -1.18. The van der Waals surface area contributed by atoms with Crippen LogP contribution >= 0.6 is 12.2 Å². The van der Waals surface area contributed by atoms with Gasteiger partial charge >= 0.3 is 11.9 Å². The van der Waals surface area contributed by atoms with Gasteiger partial charge in [-0.2, -0.15) is 0 Å². The molecule has 0 amide bonds. The molecule has 0 aromatic rings. The van der Waals surface area contributed by atoms with Crippen molar-refractivity contribution in [3.63, 3.8) is 0 Å². The van der Waals surface area contributed by atoms with E-state index in [0.717, 1.165) is 0 Å². The molecule has 0 fully saturated rings. The Morgan fingerprint density at radius 2 is 1.86 bits per heavy atom. The molecule has 0 saturated carbocycles. The van der Waals surface area contributed by atoms with Crippen LogP contribution < -0.4 is 0 Å². The molecule has 0 spiro atoms. The van der Waals surface area contributed by atoms with E-state index in [1.165, 1.54) is 0 Å². The maximum Gasteiger partial charge on any atom is 0.312 e. The largest absolute Gasteiger partial charge is 0.481 e. The van der Waals surface area contributed by atoms with E-state index in [1.54, 1.807) is 19.0 Å². The van der Waals surface area contributed by atoms with Crippen molar-refractivity contribution in [2.75, 3.05) is 20.6 Å². The summed E-state index contributed by atoms with van der Waals surface area (Å²) in [5, 5.41) is 17.2. The van der Waals surface area contributed by atoms with Crippen molar-refractivity contribution in [1.29, 1.82) is 0 Å². The van der Waals surface area contributed by atoms with Crippen molar-refractivity contribution in [3.05, 3.63) is 0 Å². The Kier molecular flexibility index (Phi) is 5.26. The topological polar surface area (TPSA) is 77.8 Å². The van der Waals surface area contributed by atoms with Gasteiger partial charge in [-0.05, 0) is 14.1 Å². The van der Waals surface area contributed by atoms with Gasteiger partial charge in [0.25, 0.3) is 0 Å². The normalized spacial score (nSPS) is 12.5. The Labute approximate surface area is 87.3 Å². The zero-order chi connectivity index (χ0) is 11.3. The van der Waals surface area contributed by atoms with Crippen LogP contribution in [0.25, 0.3) is 0 Å². The third kappa shape index (κ3) is 4.88. The van der Waals surface area contributed by atoms with E-state index in [2.05, 4.69) is 0 Å². The number of nitrogens with zero attached hydrogens (tertiary/aromatic N) is 1. The van der Waals surface area contributed by atoms with E-state index in [4.69, 9.17) is 22.4 Å². The Morgan fingerprint density at radius 1 is 1.36 bits per heavy atom. The summed E-state index contributed by atoms with van der Waals surface area (Å²) in [7, 11) is 3.48. The fourth-order valence-electron chi connectivity index (χ4n) is 0.935. The number of carbonyl (C=O) groups is 2. The highest BCUT2D eigenvalue weighted by Crippen LogP contribution is 2.07. The van der Waals surface area contributed by atoms with Crippen LogP contribution in [-0.2, 0) is 9.59 Å². The molecule has 0 aliphatic heterocycles. The van der Waals surface area contributed by atoms with Gasteiger partial charge in [0.15, 0.2) is 0 Å². The third-order valence-electron chi connectivity index (χ3n) is 1.54. The lowest BCUT2D eigenvalue weighted by atomic mass is 10.0. The van der Waals surface area contributed by atoms with Gasteiger partial charge in [-0.1, -0.05) is 12.2 Å². The molecule has 0 rings (SSSR count). The zero-order valence-corrected chi connectivity index (χ0v) is 8.87. The fourth-order valence-corrected chi connectivity index (χ4v) is 1.38. The van der Waals surface area contributed by atoms with Gasteiger partial charge in [-0.25, -0.2) is 0 Å². The van der Waals surface area contributed by atoms with Crippen molar-refractivity contribution in [2.45, 2.75) is 6.42 Å². The Bertz CT molecular complexity index is 252. The van der Waals surface area contributed by atoms with Crippen molar-refractivity contribution in [2.24, 2.45) is 5.92 Å². The summed E-state index contributed by atoms with van der Waals surface area (Å²) in [4.78, 5) is 23.0. The lowest BCUT2D eigenvalue weighted by Crippen LogP contribution is -2.32. The van der Waals surface area contributed by atoms with Gasteiger partial charge in [0.2, 0.25) is 0 Å². The van der Waals surface area contributed by atoms with Crippen LogP contribution in [0, 0.1) is 5.92 Å². The Balaban J connectivity index is 4.41. The molecule has 6 heteroatoms. The first kappa shape index (κ1) is 13.0. The highest BCUT2D eigenvalue weighted by Gasteiger charge is 2.25. The molecule has 5 nitrogen and oxygen atoms in total. The number of carboxylic acid groups (broad SMARTS) is 2. The summed E-state index contributed by atoms with van der Waals surface area (Å²) in [5.74, 6) is -3.41. The zero-order valence-electron chi connectivity index (χ0n) is 8.06. The summed E-state index contributed by atoms with van der Waals surface area (Å²) in [5.41, 5.74) is 0. The fraction of sp³-hybridized carbons (Fsp3) is 0.625. The van der Waals surface area contributed by atoms with Gasteiger partial charge in [0.05, 0.1) is 12.3 Å². The second-order valence-corrected chi connectivity index (χ2v) is 3.72. The van der Waals surface area contributed by atoms with E-state index < -0.39 is 24.3 Å². The van der Waals surface area contributed by atoms with E-state index in [0.29, 0.717) is 6.54 Å². The second kappa shape index (κ2) is 5.66. The Hall–Kier alpha value is -1.01. The van der Waals surface area contributed by atoms with E-state index in [1.807, 2.05) is 0 Å². The molecule has 0 radical (unpaired) electrons. The molecule has 14 heavy (non-hydrogen) atoms. The first-order valence-electron chi connectivity index (χ1n) is 3.96. The van der Waals surface area contributed by atoms with Gasteiger partial charge in [0, 0.05) is 11.4 Å². The molecular formula is C8H13NO4S. The SMILES string of the molecule is CN(C)CC(=S)C(CC(=O)O)C(=O)O. The molecule has 0 aromatic heterocycles. The number of rotatable bonds is 6. The number of thiocarbonyl (C=S) groups is 1. The van der Waals surface area contributed by atoms with Crippen molar-refractivity contribution >= 4 is 29.0 Å². The lowest BCUT2D eigenvalue weighted by molar-refractivity contribution is -0.145. The van der Waals surface area contributed by atoms with E-state index >= 15 is 0 Å².